The molecule has 3 heteroatoms. The van der Waals surface area contributed by atoms with E-state index in [1.54, 1.807) is 0 Å². The molecule has 0 radical (unpaired) electrons. The van der Waals surface area contributed by atoms with Crippen molar-refractivity contribution in [2.45, 2.75) is 40.0 Å². The second-order valence-electron chi connectivity index (χ2n) is 5.48. The van der Waals surface area contributed by atoms with E-state index < -0.39 is 5.97 Å². The Balaban J connectivity index is 0.000000980. The van der Waals surface area contributed by atoms with Crippen molar-refractivity contribution >= 4 is 5.97 Å². The SMILES string of the molecule is CC1(C)C2CCC1(C)C(C(=O)[O-])C2.[NH4+]. The van der Waals surface area contributed by atoms with Crippen molar-refractivity contribution in [3.8, 4) is 0 Å². The summed E-state index contributed by atoms with van der Waals surface area (Å²) in [6.45, 7) is 6.56. The molecular weight excluding hydrogens is 178 g/mol. The first-order valence-electron chi connectivity index (χ1n) is 5.10. The summed E-state index contributed by atoms with van der Waals surface area (Å²) in [5.41, 5.74) is 0.175. The largest absolute Gasteiger partial charge is 0.550 e. The summed E-state index contributed by atoms with van der Waals surface area (Å²) in [6.07, 6.45) is 3.10. The van der Waals surface area contributed by atoms with Crippen LogP contribution in [0.1, 0.15) is 40.0 Å². The predicted octanol–water partition coefficient (Wildman–Crippen LogP) is 1.57. The van der Waals surface area contributed by atoms with Crippen molar-refractivity contribution in [3.63, 3.8) is 0 Å². The first-order chi connectivity index (χ1) is 5.89. The van der Waals surface area contributed by atoms with Gasteiger partial charge in [0.05, 0.1) is 0 Å². The fraction of sp³-hybridized carbons (Fsp3) is 0.909. The zero-order chi connectivity index (χ0) is 9.85. The molecule has 14 heavy (non-hydrogen) atoms. The summed E-state index contributed by atoms with van der Waals surface area (Å²) in [4.78, 5) is 11.0. The Morgan fingerprint density at radius 1 is 1.36 bits per heavy atom. The lowest BCUT2D eigenvalue weighted by Gasteiger charge is -2.39. The molecule has 0 amide bonds. The van der Waals surface area contributed by atoms with E-state index in [0.29, 0.717) is 5.92 Å². The molecule has 2 fully saturated rings. The van der Waals surface area contributed by atoms with E-state index in [4.69, 9.17) is 0 Å². The van der Waals surface area contributed by atoms with E-state index in [0.717, 1.165) is 12.8 Å². The zero-order valence-electron chi connectivity index (χ0n) is 9.59. The number of carboxylic acids is 1. The maximum Gasteiger partial charge on any atom is 0.0451 e. The first kappa shape index (κ1) is 11.5. The Morgan fingerprint density at radius 3 is 2.14 bits per heavy atom. The number of quaternary nitrogens is 1. The van der Waals surface area contributed by atoms with Crippen molar-refractivity contribution in [1.82, 2.24) is 6.15 Å². The predicted molar refractivity (Wildman–Crippen MR) is 53.7 cm³/mol. The summed E-state index contributed by atoms with van der Waals surface area (Å²) in [7, 11) is 0. The number of carboxylic acid groups (broad SMARTS) is 1. The minimum Gasteiger partial charge on any atom is -0.550 e. The van der Waals surface area contributed by atoms with Crippen molar-refractivity contribution in [2.24, 2.45) is 22.7 Å². The number of fused-ring (bicyclic) bond motifs is 2. The molecule has 0 aromatic heterocycles. The highest BCUT2D eigenvalue weighted by molar-refractivity contribution is 5.70. The number of hydrogen-bond donors (Lipinski definition) is 1. The summed E-state index contributed by atoms with van der Waals surface area (Å²) in [5.74, 6) is -0.445. The molecule has 3 atom stereocenters. The van der Waals surface area contributed by atoms with Crippen molar-refractivity contribution < 1.29 is 9.90 Å². The molecule has 2 aliphatic carbocycles. The van der Waals surface area contributed by atoms with E-state index in [1.807, 2.05) is 0 Å². The van der Waals surface area contributed by atoms with Gasteiger partial charge in [0.15, 0.2) is 0 Å². The number of aliphatic carboxylic acids is 1. The summed E-state index contributed by atoms with van der Waals surface area (Å²) in [5, 5.41) is 11.0. The van der Waals surface area contributed by atoms with E-state index in [2.05, 4.69) is 20.8 Å². The minimum atomic E-state index is -0.835. The van der Waals surface area contributed by atoms with Crippen LogP contribution in [0.2, 0.25) is 0 Å². The molecule has 0 heterocycles. The van der Waals surface area contributed by atoms with Crippen LogP contribution < -0.4 is 11.3 Å². The summed E-state index contributed by atoms with van der Waals surface area (Å²) in [6, 6.07) is 0. The van der Waals surface area contributed by atoms with Crippen LogP contribution in [0.4, 0.5) is 0 Å². The van der Waals surface area contributed by atoms with Crippen LogP contribution in [0.5, 0.6) is 0 Å². The molecule has 3 nitrogen and oxygen atoms in total. The minimum absolute atomic E-state index is 0. The highest BCUT2D eigenvalue weighted by atomic mass is 16.4. The van der Waals surface area contributed by atoms with Crippen LogP contribution in [0, 0.1) is 22.7 Å². The molecule has 2 aliphatic rings. The van der Waals surface area contributed by atoms with Gasteiger partial charge in [-0.05, 0) is 36.0 Å². The monoisotopic (exact) mass is 199 g/mol. The maximum atomic E-state index is 11.0. The molecule has 0 saturated heterocycles. The molecule has 0 aromatic carbocycles. The molecule has 0 aliphatic heterocycles. The molecule has 2 bridgehead atoms. The Morgan fingerprint density at radius 2 is 1.93 bits per heavy atom. The smallest absolute Gasteiger partial charge is 0.0451 e. The van der Waals surface area contributed by atoms with Crippen LogP contribution in [0.25, 0.3) is 0 Å². The topological polar surface area (TPSA) is 76.6 Å². The van der Waals surface area contributed by atoms with Crippen LogP contribution in [-0.4, -0.2) is 5.97 Å². The third-order valence-corrected chi connectivity index (χ3v) is 5.08. The lowest BCUT2D eigenvalue weighted by Crippen LogP contribution is -2.42. The van der Waals surface area contributed by atoms with Gasteiger partial charge in [0.2, 0.25) is 0 Å². The Labute approximate surface area is 85.5 Å². The average Bonchev–Trinajstić information content (AvgIpc) is 2.34. The molecule has 2 saturated carbocycles. The van der Waals surface area contributed by atoms with Gasteiger partial charge in [-0.3, -0.25) is 0 Å². The molecule has 0 aromatic rings. The average molecular weight is 199 g/mol. The van der Waals surface area contributed by atoms with Crippen molar-refractivity contribution in [1.29, 1.82) is 0 Å². The van der Waals surface area contributed by atoms with Gasteiger partial charge in [0, 0.05) is 11.9 Å². The quantitative estimate of drug-likeness (QED) is 0.696. The Bertz CT molecular complexity index is 262. The summed E-state index contributed by atoms with van der Waals surface area (Å²) >= 11 is 0. The molecular formula is C11H21NO2. The molecule has 82 valence electrons. The van der Waals surface area contributed by atoms with E-state index in [-0.39, 0.29) is 22.9 Å². The van der Waals surface area contributed by atoms with Crippen molar-refractivity contribution in [3.05, 3.63) is 0 Å². The van der Waals surface area contributed by atoms with Gasteiger partial charge in [0.1, 0.15) is 0 Å². The van der Waals surface area contributed by atoms with Gasteiger partial charge < -0.3 is 16.1 Å². The molecule has 2 rings (SSSR count). The fourth-order valence-corrected chi connectivity index (χ4v) is 3.56. The number of carbonyl (C=O) groups excluding carboxylic acids is 1. The van der Waals surface area contributed by atoms with Crippen LogP contribution in [0.15, 0.2) is 0 Å². The second-order valence-corrected chi connectivity index (χ2v) is 5.48. The zero-order valence-corrected chi connectivity index (χ0v) is 9.59. The van der Waals surface area contributed by atoms with E-state index in [1.165, 1.54) is 6.42 Å². The number of hydrogen-bond acceptors (Lipinski definition) is 2. The van der Waals surface area contributed by atoms with E-state index in [9.17, 15) is 9.90 Å². The normalized spacial score (nSPS) is 43.4. The number of carbonyl (C=O) groups is 1. The highest BCUT2D eigenvalue weighted by Gasteiger charge is 2.61. The summed E-state index contributed by atoms with van der Waals surface area (Å²) < 4.78 is 0. The first-order valence-corrected chi connectivity index (χ1v) is 5.10. The van der Waals surface area contributed by atoms with Gasteiger partial charge in [-0.2, -0.15) is 0 Å². The van der Waals surface area contributed by atoms with Gasteiger partial charge >= 0.3 is 0 Å². The molecule has 0 spiro atoms. The highest BCUT2D eigenvalue weighted by Crippen LogP contribution is 2.67. The second kappa shape index (κ2) is 2.96. The maximum absolute atomic E-state index is 11.0. The standard InChI is InChI=1S/C11H18O2.H3N/c1-10(2)7-4-5-11(10,3)8(6-7)9(12)13;/h7-8H,4-6H2,1-3H3,(H,12,13);1H3. The van der Waals surface area contributed by atoms with Gasteiger partial charge in [-0.1, -0.05) is 20.8 Å². The third kappa shape index (κ3) is 1.05. The fourth-order valence-electron chi connectivity index (χ4n) is 3.56. The molecule has 3 unspecified atom stereocenters. The Hall–Kier alpha value is -0.570. The third-order valence-electron chi connectivity index (χ3n) is 5.08. The van der Waals surface area contributed by atoms with Crippen LogP contribution in [-0.2, 0) is 4.79 Å². The lowest BCUT2D eigenvalue weighted by atomic mass is 9.67. The number of rotatable bonds is 1. The van der Waals surface area contributed by atoms with Crippen LogP contribution in [0.3, 0.4) is 0 Å². The Kier molecular flexibility index (Phi) is 2.43. The van der Waals surface area contributed by atoms with Crippen molar-refractivity contribution in [2.75, 3.05) is 0 Å². The van der Waals surface area contributed by atoms with E-state index >= 15 is 0 Å². The molecule has 4 N–H and O–H groups in total. The van der Waals surface area contributed by atoms with Gasteiger partial charge in [0.25, 0.3) is 0 Å². The van der Waals surface area contributed by atoms with Gasteiger partial charge in [-0.25, -0.2) is 0 Å². The van der Waals surface area contributed by atoms with Gasteiger partial charge in [-0.15, -0.1) is 0 Å². The van der Waals surface area contributed by atoms with Crippen LogP contribution >= 0.6 is 0 Å². The lowest BCUT2D eigenvalue weighted by molar-refractivity contribution is -0.315.